The molecule has 0 heterocycles. The third-order valence-electron chi connectivity index (χ3n) is 2.29. The minimum absolute atomic E-state index is 0.0566. The summed E-state index contributed by atoms with van der Waals surface area (Å²) in [5.74, 6) is 0. The van der Waals surface area contributed by atoms with Crippen molar-refractivity contribution in [2.45, 2.75) is 64.2 Å². The van der Waals surface area contributed by atoms with Crippen LogP contribution in [0.4, 0.5) is 0 Å². The van der Waals surface area contributed by atoms with Crippen molar-refractivity contribution in [2.24, 2.45) is 0 Å². The Balaban J connectivity index is 3.41. The van der Waals surface area contributed by atoms with Crippen LogP contribution in [0.1, 0.15) is 69.6 Å². The standard InChI is InChI=1S/C12H26O2/c13-11-9-7-5-3-1-2-4-6-8-10-12-14/h13-14H,1-12H2/i9D2,11D2. The molecule has 0 unspecified atom stereocenters. The molecule has 0 aliphatic rings. The maximum Gasteiger partial charge on any atom is 0.0564 e. The van der Waals surface area contributed by atoms with Crippen LogP contribution in [0.3, 0.4) is 0 Å². The van der Waals surface area contributed by atoms with Crippen LogP contribution < -0.4 is 0 Å². The molecular formula is C12H26O2. The zero-order valence-corrected chi connectivity index (χ0v) is 8.97. The van der Waals surface area contributed by atoms with Crippen LogP contribution in [0, 0.1) is 0 Å². The average molecular weight is 206 g/mol. The normalized spacial score (nSPS) is 17.0. The van der Waals surface area contributed by atoms with E-state index in [1.165, 1.54) is 0 Å². The van der Waals surface area contributed by atoms with Crippen molar-refractivity contribution >= 4 is 0 Å². The molecule has 0 aromatic carbocycles. The number of hydrogen-bond acceptors (Lipinski definition) is 2. The summed E-state index contributed by atoms with van der Waals surface area (Å²) >= 11 is 0. The van der Waals surface area contributed by atoms with Gasteiger partial charge in [-0.05, 0) is 12.8 Å². The van der Waals surface area contributed by atoms with E-state index in [1.807, 2.05) is 0 Å². The first-order valence-electron chi connectivity index (χ1n) is 7.64. The number of aliphatic hydroxyl groups is 2. The van der Waals surface area contributed by atoms with E-state index in [0.717, 1.165) is 44.9 Å². The highest BCUT2D eigenvalue weighted by atomic mass is 16.3. The van der Waals surface area contributed by atoms with Crippen molar-refractivity contribution in [1.82, 2.24) is 0 Å². The average Bonchev–Trinajstić information content (AvgIpc) is 2.25. The molecule has 0 atom stereocenters. The first-order valence-corrected chi connectivity index (χ1v) is 5.64. The monoisotopic (exact) mass is 206 g/mol. The molecule has 2 heteroatoms. The van der Waals surface area contributed by atoms with Gasteiger partial charge in [-0.25, -0.2) is 0 Å². The quantitative estimate of drug-likeness (QED) is 0.510. The van der Waals surface area contributed by atoms with E-state index in [9.17, 15) is 0 Å². The zero-order valence-electron chi connectivity index (χ0n) is 13.0. The molecule has 0 rings (SSSR count). The second-order valence-corrected chi connectivity index (χ2v) is 3.59. The first-order chi connectivity index (χ1) is 8.31. The van der Waals surface area contributed by atoms with E-state index in [1.54, 1.807) is 0 Å². The van der Waals surface area contributed by atoms with Crippen LogP contribution in [-0.2, 0) is 0 Å². The van der Waals surface area contributed by atoms with Crippen LogP contribution in [0.5, 0.6) is 0 Å². The molecule has 0 spiro atoms. The topological polar surface area (TPSA) is 40.5 Å². The maximum absolute atomic E-state index is 9.01. The smallest absolute Gasteiger partial charge is 0.0564 e. The molecule has 0 radical (unpaired) electrons. The lowest BCUT2D eigenvalue weighted by molar-refractivity contribution is 0.281. The Labute approximate surface area is 94.0 Å². The van der Waals surface area contributed by atoms with Gasteiger partial charge in [0, 0.05) is 15.9 Å². The highest BCUT2D eigenvalue weighted by Crippen LogP contribution is 2.10. The van der Waals surface area contributed by atoms with Crippen LogP contribution >= 0.6 is 0 Å². The van der Waals surface area contributed by atoms with E-state index in [0.29, 0.717) is 6.42 Å². The van der Waals surface area contributed by atoms with E-state index < -0.39 is 12.9 Å². The molecule has 0 bridgehead atoms. The molecule has 2 N–H and O–H groups in total. The number of unbranched alkanes of at least 4 members (excludes halogenated alkanes) is 7. The van der Waals surface area contributed by atoms with Crippen LogP contribution in [-0.4, -0.2) is 23.4 Å². The Hall–Kier alpha value is -0.0800. The third-order valence-corrected chi connectivity index (χ3v) is 2.29. The molecule has 0 saturated heterocycles. The van der Waals surface area contributed by atoms with Gasteiger partial charge in [-0.1, -0.05) is 51.4 Å². The van der Waals surface area contributed by atoms with Gasteiger partial charge in [0.05, 0.1) is 2.74 Å². The van der Waals surface area contributed by atoms with Crippen molar-refractivity contribution in [2.75, 3.05) is 13.2 Å². The number of hydrogen-bond donors (Lipinski definition) is 2. The van der Waals surface area contributed by atoms with Crippen LogP contribution in [0.2, 0.25) is 0 Å². The Morgan fingerprint density at radius 1 is 0.643 bits per heavy atom. The second kappa shape index (κ2) is 12.9. The lowest BCUT2D eigenvalue weighted by atomic mass is 10.1. The van der Waals surface area contributed by atoms with Crippen molar-refractivity contribution < 1.29 is 15.7 Å². The summed E-state index contributed by atoms with van der Waals surface area (Å²) in [6.07, 6.45) is 5.67. The number of aliphatic hydroxyl groups excluding tert-OH is 1. The molecule has 0 fully saturated rings. The fourth-order valence-electron chi connectivity index (χ4n) is 1.44. The van der Waals surface area contributed by atoms with Crippen molar-refractivity contribution in [3.05, 3.63) is 0 Å². The molecule has 0 saturated carbocycles. The van der Waals surface area contributed by atoms with Crippen molar-refractivity contribution in [3.8, 4) is 0 Å². The molecule has 14 heavy (non-hydrogen) atoms. The summed E-state index contributed by atoms with van der Waals surface area (Å²) in [7, 11) is 0. The summed E-state index contributed by atoms with van der Waals surface area (Å²) < 4.78 is 28.7. The fourth-order valence-corrected chi connectivity index (χ4v) is 1.44. The van der Waals surface area contributed by atoms with Gasteiger partial charge in [0.15, 0.2) is 0 Å². The van der Waals surface area contributed by atoms with E-state index in [2.05, 4.69) is 0 Å². The van der Waals surface area contributed by atoms with Gasteiger partial charge in [-0.3, -0.25) is 0 Å². The Kier molecular flexibility index (Phi) is 7.49. The van der Waals surface area contributed by atoms with Gasteiger partial charge in [0.25, 0.3) is 0 Å². The van der Waals surface area contributed by atoms with Gasteiger partial charge in [0.1, 0.15) is 0 Å². The Morgan fingerprint density at radius 2 is 1.07 bits per heavy atom. The third kappa shape index (κ3) is 11.9. The molecule has 0 amide bonds. The molecule has 0 aliphatic heterocycles. The minimum atomic E-state index is -2.75. The molecule has 0 aliphatic carbocycles. The molecule has 86 valence electrons. The fraction of sp³-hybridized carbons (Fsp3) is 1.00. The Bertz CT molecular complexity index is 205. The summed E-state index contributed by atoms with van der Waals surface area (Å²) in [5.41, 5.74) is 0. The van der Waals surface area contributed by atoms with Gasteiger partial charge < -0.3 is 10.2 Å². The predicted octanol–water partition coefficient (Wildman–Crippen LogP) is 2.87. The summed E-state index contributed by atoms with van der Waals surface area (Å²) in [5, 5.41) is 17.6. The maximum atomic E-state index is 9.01. The molecule has 0 aromatic rings. The van der Waals surface area contributed by atoms with Gasteiger partial charge in [-0.2, -0.15) is 0 Å². The van der Waals surface area contributed by atoms with Crippen LogP contribution in [0.15, 0.2) is 0 Å². The molecule has 2 nitrogen and oxygen atoms in total. The number of rotatable bonds is 11. The largest absolute Gasteiger partial charge is 0.396 e. The Morgan fingerprint density at radius 3 is 1.50 bits per heavy atom. The van der Waals surface area contributed by atoms with Gasteiger partial charge >= 0.3 is 0 Å². The summed E-state index contributed by atoms with van der Waals surface area (Å²) in [6, 6.07) is 0. The SMILES string of the molecule is [2H]C([2H])(O)C([2H])([2H])CCCCCCCCCCO. The van der Waals surface area contributed by atoms with Crippen LogP contribution in [0.25, 0.3) is 0 Å². The summed E-state index contributed by atoms with van der Waals surface area (Å²) in [4.78, 5) is 0. The van der Waals surface area contributed by atoms with E-state index in [4.69, 9.17) is 15.7 Å². The second-order valence-electron chi connectivity index (χ2n) is 3.59. The highest BCUT2D eigenvalue weighted by Gasteiger charge is 1.92. The highest BCUT2D eigenvalue weighted by molar-refractivity contribution is 4.47. The summed E-state index contributed by atoms with van der Waals surface area (Å²) in [6.45, 7) is -2.49. The molecule has 0 aromatic heterocycles. The van der Waals surface area contributed by atoms with E-state index >= 15 is 0 Å². The van der Waals surface area contributed by atoms with Gasteiger partial charge in [-0.15, -0.1) is 0 Å². The lowest BCUT2D eigenvalue weighted by Gasteiger charge is -2.01. The molecular weight excluding hydrogens is 176 g/mol. The van der Waals surface area contributed by atoms with Crippen molar-refractivity contribution in [3.63, 3.8) is 0 Å². The van der Waals surface area contributed by atoms with Gasteiger partial charge in [0.2, 0.25) is 0 Å². The lowest BCUT2D eigenvalue weighted by Crippen LogP contribution is -1.85. The van der Waals surface area contributed by atoms with E-state index in [-0.39, 0.29) is 13.0 Å². The van der Waals surface area contributed by atoms with Crippen molar-refractivity contribution in [1.29, 1.82) is 0 Å². The first kappa shape index (κ1) is 8.12. The zero-order chi connectivity index (χ0) is 14.1. The minimum Gasteiger partial charge on any atom is -0.396 e. The predicted molar refractivity (Wildman–Crippen MR) is 60.3 cm³/mol.